The van der Waals surface area contributed by atoms with Crippen LogP contribution in [0.2, 0.25) is 0 Å². The summed E-state index contributed by atoms with van der Waals surface area (Å²) in [6.45, 7) is 0. The number of benzene rings is 9. The second-order valence-corrected chi connectivity index (χ2v) is 13.4. The highest BCUT2D eigenvalue weighted by Gasteiger charge is 2.18. The number of rotatable bonds is 3. The zero-order chi connectivity index (χ0) is 30.9. The summed E-state index contributed by atoms with van der Waals surface area (Å²) < 4.78 is 2.71. The number of fused-ring (bicyclic) bond motifs is 8. The van der Waals surface area contributed by atoms with Crippen molar-refractivity contribution in [3.8, 4) is 33.4 Å². The van der Waals surface area contributed by atoms with E-state index in [-0.39, 0.29) is 0 Å². The van der Waals surface area contributed by atoms with Gasteiger partial charge in [-0.2, -0.15) is 0 Å². The Labute approximate surface area is 276 Å². The first-order valence-electron chi connectivity index (χ1n) is 16.2. The van der Waals surface area contributed by atoms with E-state index in [0.29, 0.717) is 0 Å². The van der Waals surface area contributed by atoms with Gasteiger partial charge in [0.25, 0.3) is 0 Å². The molecule has 0 aliphatic rings. The predicted octanol–water partition coefficient (Wildman–Crippen LogP) is 13.7. The van der Waals surface area contributed by atoms with Crippen molar-refractivity contribution in [2.24, 2.45) is 0 Å². The fourth-order valence-electron chi connectivity index (χ4n) is 7.78. The molecule has 218 valence electrons. The Hall–Kier alpha value is -5.76. The number of thiophene rings is 1. The van der Waals surface area contributed by atoms with Crippen molar-refractivity contribution in [1.82, 2.24) is 0 Å². The molecule has 1 heterocycles. The summed E-state index contributed by atoms with van der Waals surface area (Å²) in [5, 5.41) is 13.0. The largest absolute Gasteiger partial charge is 0.135 e. The van der Waals surface area contributed by atoms with Crippen LogP contribution >= 0.6 is 11.3 Å². The molecule has 1 heteroatoms. The molecular weight excluding hydrogens is 585 g/mol. The van der Waals surface area contributed by atoms with E-state index in [4.69, 9.17) is 0 Å². The van der Waals surface area contributed by atoms with E-state index in [1.54, 1.807) is 0 Å². The van der Waals surface area contributed by atoms with Crippen LogP contribution in [0.5, 0.6) is 0 Å². The molecule has 10 rings (SSSR count). The van der Waals surface area contributed by atoms with Crippen molar-refractivity contribution in [3.63, 3.8) is 0 Å². The third-order valence-electron chi connectivity index (χ3n) is 9.88. The molecule has 0 aliphatic heterocycles. The van der Waals surface area contributed by atoms with Crippen LogP contribution in [0.15, 0.2) is 170 Å². The van der Waals surface area contributed by atoms with Crippen LogP contribution in [0.3, 0.4) is 0 Å². The molecule has 0 radical (unpaired) electrons. The lowest BCUT2D eigenvalue weighted by molar-refractivity contribution is 1.64. The average molecular weight is 613 g/mol. The summed E-state index contributed by atoms with van der Waals surface area (Å²) >= 11 is 1.90. The van der Waals surface area contributed by atoms with Gasteiger partial charge in [-0.05, 0) is 77.2 Å². The highest BCUT2D eigenvalue weighted by atomic mass is 32.1. The van der Waals surface area contributed by atoms with Crippen LogP contribution in [0.4, 0.5) is 0 Å². The molecule has 1 aromatic heterocycles. The van der Waals surface area contributed by atoms with Crippen LogP contribution in [-0.4, -0.2) is 0 Å². The smallest absolute Gasteiger partial charge is 0.0434 e. The van der Waals surface area contributed by atoms with Gasteiger partial charge >= 0.3 is 0 Å². The lowest BCUT2D eigenvalue weighted by Gasteiger charge is -2.19. The molecule has 9 aromatic carbocycles. The first-order chi connectivity index (χ1) is 23.3. The summed E-state index contributed by atoms with van der Waals surface area (Å²) in [5.41, 5.74) is 7.61. The molecule has 0 aliphatic carbocycles. The van der Waals surface area contributed by atoms with Crippen molar-refractivity contribution >= 4 is 74.6 Å². The van der Waals surface area contributed by atoms with Crippen LogP contribution < -0.4 is 0 Å². The summed E-state index contributed by atoms with van der Waals surface area (Å²) in [6.07, 6.45) is 0. The van der Waals surface area contributed by atoms with Crippen molar-refractivity contribution < 1.29 is 0 Å². The van der Waals surface area contributed by atoms with Gasteiger partial charge in [0.1, 0.15) is 0 Å². The maximum atomic E-state index is 2.32. The van der Waals surface area contributed by atoms with E-state index >= 15 is 0 Å². The van der Waals surface area contributed by atoms with E-state index in [9.17, 15) is 0 Å². The average Bonchev–Trinajstić information content (AvgIpc) is 3.53. The van der Waals surface area contributed by atoms with Crippen LogP contribution in [0.1, 0.15) is 0 Å². The molecule has 0 unspecified atom stereocenters. The van der Waals surface area contributed by atoms with Gasteiger partial charge < -0.3 is 0 Å². The Morgan fingerprint density at radius 2 is 0.766 bits per heavy atom. The summed E-state index contributed by atoms with van der Waals surface area (Å²) in [4.78, 5) is 0. The Morgan fingerprint density at radius 1 is 0.277 bits per heavy atom. The maximum absolute atomic E-state index is 2.32. The Bertz CT molecular complexity index is 2770. The van der Waals surface area contributed by atoms with Gasteiger partial charge in [0.05, 0.1) is 0 Å². The van der Waals surface area contributed by atoms with Crippen LogP contribution in [0.25, 0.3) is 96.6 Å². The number of hydrogen-bond donors (Lipinski definition) is 0. The highest BCUT2D eigenvalue weighted by molar-refractivity contribution is 7.26. The molecular formula is C46H28S. The first-order valence-corrected chi connectivity index (χ1v) is 17.0. The summed E-state index contributed by atoms with van der Waals surface area (Å²) in [6, 6.07) is 62.6. The molecule has 0 nitrogen and oxygen atoms in total. The van der Waals surface area contributed by atoms with Gasteiger partial charge in [-0.3, -0.25) is 0 Å². The molecule has 0 fully saturated rings. The van der Waals surface area contributed by atoms with Gasteiger partial charge in [-0.15, -0.1) is 11.3 Å². The van der Waals surface area contributed by atoms with Crippen molar-refractivity contribution in [1.29, 1.82) is 0 Å². The Kier molecular flexibility index (Phi) is 5.85. The SMILES string of the molecule is c1ccc2c(-c3c4ccccc4c(-c4ccc(-c5cccc6c5ccc5c7ccccc7sc65)cc4)c4ccccc34)cccc2c1. The third kappa shape index (κ3) is 4.00. The fourth-order valence-corrected chi connectivity index (χ4v) is 9.01. The molecule has 0 spiro atoms. The lowest BCUT2D eigenvalue weighted by Crippen LogP contribution is -1.91. The minimum atomic E-state index is 1.23. The third-order valence-corrected chi connectivity index (χ3v) is 11.1. The lowest BCUT2D eigenvalue weighted by atomic mass is 9.84. The minimum absolute atomic E-state index is 1.23. The second kappa shape index (κ2) is 10.4. The quantitative estimate of drug-likeness (QED) is 0.174. The molecule has 0 atom stereocenters. The van der Waals surface area contributed by atoms with Crippen LogP contribution in [-0.2, 0) is 0 Å². The number of hydrogen-bond acceptors (Lipinski definition) is 1. The fraction of sp³-hybridized carbons (Fsp3) is 0. The topological polar surface area (TPSA) is 0 Å². The molecule has 0 N–H and O–H groups in total. The van der Waals surface area contributed by atoms with Gasteiger partial charge in [-0.1, -0.05) is 164 Å². The van der Waals surface area contributed by atoms with Gasteiger partial charge in [0.15, 0.2) is 0 Å². The molecule has 0 saturated heterocycles. The van der Waals surface area contributed by atoms with Crippen LogP contribution in [0, 0.1) is 0 Å². The second-order valence-electron chi connectivity index (χ2n) is 12.4. The normalized spacial score (nSPS) is 11.8. The maximum Gasteiger partial charge on any atom is 0.0434 e. The molecule has 0 amide bonds. The van der Waals surface area contributed by atoms with E-state index in [1.165, 1.54) is 96.6 Å². The molecule has 0 saturated carbocycles. The Morgan fingerprint density at radius 3 is 1.51 bits per heavy atom. The zero-order valence-corrected chi connectivity index (χ0v) is 26.4. The minimum Gasteiger partial charge on any atom is -0.135 e. The van der Waals surface area contributed by atoms with Crippen molar-refractivity contribution in [2.75, 3.05) is 0 Å². The van der Waals surface area contributed by atoms with E-state index in [2.05, 4.69) is 170 Å². The standard InChI is InChI=1S/C46H28S/c1-2-13-33-29(11-1)12-9-20-36(33)45-39-17-5-3-15-37(39)44(38-16-4-6-18-40(38)45)31-25-23-30(24-26-31)32-19-10-21-41-34(32)27-28-42-35-14-7-8-22-43(35)47-46(41)42/h1-28H. The molecule has 47 heavy (non-hydrogen) atoms. The summed E-state index contributed by atoms with van der Waals surface area (Å²) in [7, 11) is 0. The molecule has 10 aromatic rings. The first kappa shape index (κ1) is 26.5. The molecule has 0 bridgehead atoms. The highest BCUT2D eigenvalue weighted by Crippen LogP contribution is 2.46. The van der Waals surface area contributed by atoms with Crippen molar-refractivity contribution in [2.45, 2.75) is 0 Å². The van der Waals surface area contributed by atoms with E-state index in [1.807, 2.05) is 11.3 Å². The predicted molar refractivity (Wildman–Crippen MR) is 206 cm³/mol. The van der Waals surface area contributed by atoms with Gasteiger partial charge in [-0.25, -0.2) is 0 Å². The Balaban J connectivity index is 1.17. The monoisotopic (exact) mass is 612 g/mol. The van der Waals surface area contributed by atoms with E-state index < -0.39 is 0 Å². The van der Waals surface area contributed by atoms with E-state index in [0.717, 1.165) is 0 Å². The van der Waals surface area contributed by atoms with Gasteiger partial charge in [0.2, 0.25) is 0 Å². The summed E-state index contributed by atoms with van der Waals surface area (Å²) in [5.74, 6) is 0. The van der Waals surface area contributed by atoms with Crippen molar-refractivity contribution in [3.05, 3.63) is 170 Å². The van der Waals surface area contributed by atoms with Gasteiger partial charge in [0, 0.05) is 25.6 Å². The zero-order valence-electron chi connectivity index (χ0n) is 25.6.